The van der Waals surface area contributed by atoms with Gasteiger partial charge in [0.15, 0.2) is 29.4 Å². The lowest BCUT2D eigenvalue weighted by atomic mass is 10.0. The van der Waals surface area contributed by atoms with Crippen molar-refractivity contribution in [3.8, 4) is 0 Å². The van der Waals surface area contributed by atoms with Crippen LogP contribution in [-0.4, -0.2) is 43.6 Å². The smallest absolute Gasteiger partial charge is 0.359 e. The van der Waals surface area contributed by atoms with Crippen LogP contribution in [0.25, 0.3) is 0 Å². The molecule has 144 valence electrons. The van der Waals surface area contributed by atoms with Gasteiger partial charge in [0.25, 0.3) is 5.91 Å². The molecule has 0 radical (unpaired) electrons. The van der Waals surface area contributed by atoms with Crippen molar-refractivity contribution in [2.45, 2.75) is 17.5 Å². The topological polar surface area (TPSA) is 116 Å². The highest BCUT2D eigenvalue weighted by Gasteiger charge is 2.59. The first-order valence-corrected chi connectivity index (χ1v) is 10.1. The molecular formula is C20H18N2O5S. The van der Waals surface area contributed by atoms with Crippen molar-refractivity contribution in [1.82, 2.24) is 4.90 Å². The lowest BCUT2D eigenvalue weighted by Crippen LogP contribution is -2.73. The summed E-state index contributed by atoms with van der Waals surface area (Å²) in [6.07, 6.45) is -0.730. The van der Waals surface area contributed by atoms with Gasteiger partial charge in [0, 0.05) is 0 Å². The van der Waals surface area contributed by atoms with Crippen LogP contribution in [0.1, 0.15) is 17.2 Å². The van der Waals surface area contributed by atoms with Crippen LogP contribution in [0.2, 0.25) is 0 Å². The maximum Gasteiger partial charge on any atom is 0.359 e. The summed E-state index contributed by atoms with van der Waals surface area (Å²) in [5.74, 6) is -2.10. The Morgan fingerprint density at radius 2 is 1.68 bits per heavy atom. The van der Waals surface area contributed by atoms with Crippen LogP contribution >= 0.6 is 0 Å². The Labute approximate surface area is 164 Å². The van der Waals surface area contributed by atoms with Crippen LogP contribution < -0.4 is 5.73 Å². The number of ether oxygens (including phenoxy) is 1. The van der Waals surface area contributed by atoms with Gasteiger partial charge in [0.2, 0.25) is 5.37 Å². The number of hydrogen-bond acceptors (Lipinski definition) is 6. The molecule has 8 heteroatoms. The van der Waals surface area contributed by atoms with Gasteiger partial charge in [-0.2, -0.15) is 0 Å². The van der Waals surface area contributed by atoms with Crippen LogP contribution in [0.15, 0.2) is 72.1 Å². The fraction of sp³-hybridized carbons (Fsp3) is 0.200. The minimum absolute atomic E-state index is 0.242. The molecule has 2 aliphatic heterocycles. The van der Waals surface area contributed by atoms with Gasteiger partial charge in [-0.25, -0.2) is 4.79 Å². The number of β-lactam (4-membered cyclic amide) rings is 1. The zero-order valence-corrected chi connectivity index (χ0v) is 15.5. The number of carbonyl (C=O) groups is 2. The van der Waals surface area contributed by atoms with E-state index < -0.39 is 46.3 Å². The van der Waals surface area contributed by atoms with E-state index in [1.807, 2.05) is 60.7 Å². The largest absolute Gasteiger partial charge is 0.614 e. The van der Waals surface area contributed by atoms with Crippen LogP contribution in [0.4, 0.5) is 0 Å². The van der Waals surface area contributed by atoms with Gasteiger partial charge in [-0.1, -0.05) is 60.7 Å². The Morgan fingerprint density at radius 1 is 1.14 bits per heavy atom. The first-order chi connectivity index (χ1) is 13.5. The zero-order chi connectivity index (χ0) is 19.8. The van der Waals surface area contributed by atoms with E-state index >= 15 is 0 Å². The van der Waals surface area contributed by atoms with Gasteiger partial charge in [-0.05, 0) is 22.3 Å². The van der Waals surface area contributed by atoms with Gasteiger partial charge in [-0.15, -0.1) is 0 Å². The number of benzene rings is 2. The van der Waals surface area contributed by atoms with Crippen molar-refractivity contribution in [3.05, 3.63) is 83.2 Å². The molecule has 1 fully saturated rings. The molecule has 2 aliphatic rings. The monoisotopic (exact) mass is 398 g/mol. The normalized spacial score (nSPS) is 24.0. The van der Waals surface area contributed by atoms with E-state index in [9.17, 15) is 19.2 Å². The highest BCUT2D eigenvalue weighted by molar-refractivity contribution is 7.92. The van der Waals surface area contributed by atoms with Crippen molar-refractivity contribution in [1.29, 1.82) is 0 Å². The van der Waals surface area contributed by atoms with Crippen LogP contribution in [0.3, 0.4) is 0 Å². The van der Waals surface area contributed by atoms with E-state index in [1.54, 1.807) is 0 Å². The first-order valence-electron chi connectivity index (χ1n) is 8.68. The summed E-state index contributed by atoms with van der Waals surface area (Å²) in [6, 6.07) is 17.3. The minimum atomic E-state index is -1.57. The number of rotatable bonds is 4. The standard InChI is InChI=1S/C20H18N2O5S/c21-15-18(24)22-16(14(23)11-28(26)19(15)22)20(25)27-17(12-7-3-1-4-8-12)13-9-5-2-6-10-13/h1-10,15,17,19,23H,11,21H2/t15-,19+,28?/m1/s1. The van der Waals surface area contributed by atoms with E-state index in [-0.39, 0.29) is 11.4 Å². The van der Waals surface area contributed by atoms with Crippen LogP contribution in [0.5, 0.6) is 0 Å². The molecule has 3 atom stereocenters. The Balaban J connectivity index is 1.67. The highest BCUT2D eigenvalue weighted by Crippen LogP contribution is 2.37. The molecule has 1 saturated heterocycles. The summed E-state index contributed by atoms with van der Waals surface area (Å²) in [4.78, 5) is 26.1. The predicted octanol–water partition coefficient (Wildman–Crippen LogP) is 1.35. The summed E-state index contributed by atoms with van der Waals surface area (Å²) < 4.78 is 17.9. The Kier molecular flexibility index (Phi) is 4.84. The Bertz CT molecular complexity index is 895. The van der Waals surface area contributed by atoms with E-state index in [0.29, 0.717) is 0 Å². The number of nitrogens with zero attached hydrogens (tertiary/aromatic N) is 1. The fourth-order valence-corrected chi connectivity index (χ4v) is 4.86. The summed E-state index contributed by atoms with van der Waals surface area (Å²) >= 11 is -1.57. The van der Waals surface area contributed by atoms with Gasteiger partial charge in [0.1, 0.15) is 0 Å². The minimum Gasteiger partial charge on any atom is -0.614 e. The molecule has 2 aromatic carbocycles. The van der Waals surface area contributed by atoms with Gasteiger partial charge in [0.05, 0.1) is 0 Å². The van der Waals surface area contributed by atoms with E-state index in [1.165, 1.54) is 0 Å². The number of esters is 1. The highest BCUT2D eigenvalue weighted by atomic mass is 32.2. The SMILES string of the molecule is N[C@@H]1C(=O)N2C(C(=O)OC(c3ccccc3)c3ccccc3)=C(O)C[S+]([O-])[C@@H]12. The third-order valence-corrected chi connectivity index (χ3v) is 6.37. The molecule has 0 bridgehead atoms. The van der Waals surface area contributed by atoms with Gasteiger partial charge < -0.3 is 20.1 Å². The van der Waals surface area contributed by atoms with E-state index in [0.717, 1.165) is 16.0 Å². The van der Waals surface area contributed by atoms with Crippen molar-refractivity contribution in [2.24, 2.45) is 5.73 Å². The summed E-state index contributed by atoms with van der Waals surface area (Å²) in [5.41, 5.74) is 6.91. The summed E-state index contributed by atoms with van der Waals surface area (Å²) in [5, 5.41) is 9.42. The third-order valence-electron chi connectivity index (χ3n) is 4.77. The van der Waals surface area contributed by atoms with Gasteiger partial charge >= 0.3 is 5.97 Å². The Hall–Kier alpha value is -2.81. The molecule has 0 aromatic heterocycles. The maximum atomic E-state index is 12.9. The summed E-state index contributed by atoms with van der Waals surface area (Å²) in [6.45, 7) is 0. The molecule has 0 aliphatic carbocycles. The predicted molar refractivity (Wildman–Crippen MR) is 102 cm³/mol. The van der Waals surface area contributed by atoms with Crippen molar-refractivity contribution >= 4 is 23.1 Å². The van der Waals surface area contributed by atoms with Crippen LogP contribution in [-0.2, 0) is 25.5 Å². The van der Waals surface area contributed by atoms with E-state index in [2.05, 4.69) is 0 Å². The second-order valence-corrected chi connectivity index (χ2v) is 8.08. The molecule has 2 aromatic rings. The third kappa shape index (κ3) is 3.05. The van der Waals surface area contributed by atoms with Crippen LogP contribution in [0, 0.1) is 0 Å². The molecule has 1 unspecified atom stereocenters. The number of nitrogens with two attached hydrogens (primary N) is 1. The number of hydrogen-bond donors (Lipinski definition) is 2. The number of aliphatic hydroxyl groups is 1. The first kappa shape index (κ1) is 18.5. The molecule has 1 amide bonds. The lowest BCUT2D eigenvalue weighted by Gasteiger charge is -2.47. The van der Waals surface area contributed by atoms with Crippen molar-refractivity contribution < 1.29 is 24.0 Å². The second-order valence-electron chi connectivity index (χ2n) is 6.55. The number of carbonyl (C=O) groups excluding carboxylic acids is 2. The van der Waals surface area contributed by atoms with Crippen molar-refractivity contribution in [2.75, 3.05) is 5.75 Å². The average molecular weight is 398 g/mol. The Morgan fingerprint density at radius 3 is 2.21 bits per heavy atom. The second kappa shape index (κ2) is 7.31. The molecule has 2 heterocycles. The van der Waals surface area contributed by atoms with Gasteiger partial charge in [-0.3, -0.25) is 9.69 Å². The number of fused-ring (bicyclic) bond motifs is 1. The molecule has 0 spiro atoms. The molecular weight excluding hydrogens is 380 g/mol. The molecule has 7 nitrogen and oxygen atoms in total. The fourth-order valence-electron chi connectivity index (χ4n) is 3.40. The molecule has 3 N–H and O–H groups in total. The van der Waals surface area contributed by atoms with E-state index in [4.69, 9.17) is 10.5 Å². The average Bonchev–Trinajstić information content (AvgIpc) is 2.72. The zero-order valence-electron chi connectivity index (χ0n) is 14.7. The number of amides is 1. The van der Waals surface area contributed by atoms with Crippen molar-refractivity contribution in [3.63, 3.8) is 0 Å². The molecule has 28 heavy (non-hydrogen) atoms. The maximum absolute atomic E-state index is 12.9. The lowest BCUT2D eigenvalue weighted by molar-refractivity contribution is -0.153. The molecule has 4 rings (SSSR count). The number of aliphatic hydroxyl groups excluding tert-OH is 1. The quantitative estimate of drug-likeness (QED) is 0.456. The summed E-state index contributed by atoms with van der Waals surface area (Å²) in [7, 11) is 0. The molecule has 0 saturated carbocycles.